The lowest BCUT2D eigenvalue weighted by Crippen LogP contribution is -2.13. The van der Waals surface area contributed by atoms with Crippen LogP contribution in [0.15, 0.2) is 183 Å². The molecule has 0 spiro atoms. The van der Waals surface area contributed by atoms with Gasteiger partial charge in [0.1, 0.15) is 0 Å². The van der Waals surface area contributed by atoms with Crippen molar-refractivity contribution < 1.29 is 0 Å². The van der Waals surface area contributed by atoms with Crippen LogP contribution >= 0.6 is 31.4 Å². The third-order valence-corrected chi connectivity index (χ3v) is 18.8. The van der Waals surface area contributed by atoms with Crippen LogP contribution in [0.1, 0.15) is 0 Å². The molecule has 0 amide bonds. The summed E-state index contributed by atoms with van der Waals surface area (Å²) < 4.78 is 2.77. The molecular formula is C50H39NS3. The van der Waals surface area contributed by atoms with Crippen molar-refractivity contribution in [2.45, 2.75) is 19.6 Å². The molecule has 0 radical (unpaired) electrons. The second kappa shape index (κ2) is 11.6. The van der Waals surface area contributed by atoms with Crippen LogP contribution in [0.3, 0.4) is 0 Å². The fourth-order valence-corrected chi connectivity index (χ4v) is 15.8. The van der Waals surface area contributed by atoms with Gasteiger partial charge in [-0.3, -0.25) is 0 Å². The summed E-state index contributed by atoms with van der Waals surface area (Å²) in [5.74, 6) is 0. The lowest BCUT2D eigenvalue weighted by Gasteiger charge is -2.35. The Kier molecular flexibility index (Phi) is 6.93. The van der Waals surface area contributed by atoms with Crippen molar-refractivity contribution in [3.63, 3.8) is 0 Å². The van der Waals surface area contributed by atoms with E-state index in [0.717, 1.165) is 0 Å². The maximum Gasteiger partial charge on any atom is 0.0591 e. The molecule has 2 aliphatic rings. The predicted octanol–water partition coefficient (Wildman–Crippen LogP) is 15.3. The molecule has 9 aromatic rings. The Hall–Kier alpha value is -5.26. The van der Waals surface area contributed by atoms with Gasteiger partial charge in [0.25, 0.3) is 0 Å². The molecule has 1 aromatic heterocycles. The lowest BCUT2D eigenvalue weighted by atomic mass is 10.00. The van der Waals surface area contributed by atoms with Gasteiger partial charge in [-0.2, -0.15) is 20.1 Å². The van der Waals surface area contributed by atoms with E-state index < -0.39 is 20.1 Å². The summed E-state index contributed by atoms with van der Waals surface area (Å²) in [5.41, 5.74) is 11.7. The fourth-order valence-electron chi connectivity index (χ4n) is 9.16. The Bertz CT molecular complexity index is 3000. The summed E-state index contributed by atoms with van der Waals surface area (Å²) in [7, 11) is -2.47. The van der Waals surface area contributed by atoms with E-state index in [1.807, 2.05) is 11.3 Å². The molecule has 0 atom stereocenters. The first-order valence-electron chi connectivity index (χ1n) is 18.5. The largest absolute Gasteiger partial charge is 0.309 e. The molecular weight excluding hydrogens is 711 g/mol. The van der Waals surface area contributed by atoms with Crippen molar-refractivity contribution in [1.82, 2.24) is 0 Å². The number of hydrogen-bond donors (Lipinski definition) is 0. The minimum absolute atomic E-state index is 1.10. The van der Waals surface area contributed by atoms with Gasteiger partial charge in [-0.05, 0) is 124 Å². The van der Waals surface area contributed by atoms with Gasteiger partial charge in [0.05, 0.1) is 5.69 Å². The molecule has 4 heteroatoms. The molecule has 0 saturated carbocycles. The van der Waals surface area contributed by atoms with E-state index in [4.69, 9.17) is 0 Å². The summed E-state index contributed by atoms with van der Waals surface area (Å²) in [6.07, 6.45) is 9.91. The number of nitrogens with zero attached hydrogens (tertiary/aromatic N) is 1. The maximum atomic E-state index is 2.55. The Morgan fingerprint density at radius 1 is 0.444 bits per heavy atom. The van der Waals surface area contributed by atoms with Gasteiger partial charge < -0.3 is 4.90 Å². The van der Waals surface area contributed by atoms with E-state index in [-0.39, 0.29) is 0 Å². The van der Waals surface area contributed by atoms with Crippen molar-refractivity contribution in [2.75, 3.05) is 29.9 Å². The second-order valence-electron chi connectivity index (χ2n) is 15.3. The molecule has 0 saturated heterocycles. The quantitative estimate of drug-likeness (QED) is 0.173. The van der Waals surface area contributed by atoms with Crippen molar-refractivity contribution >= 4 is 79.4 Å². The van der Waals surface area contributed by atoms with Gasteiger partial charge in [0, 0.05) is 56.7 Å². The van der Waals surface area contributed by atoms with Gasteiger partial charge in [-0.15, -0.1) is 11.3 Å². The van der Waals surface area contributed by atoms with E-state index in [2.05, 4.69) is 194 Å². The maximum absolute atomic E-state index is 2.55. The highest BCUT2D eigenvalue weighted by Crippen LogP contribution is 2.72. The van der Waals surface area contributed by atoms with Crippen LogP contribution in [-0.4, -0.2) is 25.0 Å². The first-order valence-corrected chi connectivity index (χ1v) is 24.2. The molecule has 8 aromatic carbocycles. The summed E-state index contributed by atoms with van der Waals surface area (Å²) in [4.78, 5) is 8.47. The second-order valence-corrected chi connectivity index (χ2v) is 23.4. The highest BCUT2D eigenvalue weighted by molar-refractivity contribution is 8.33. The van der Waals surface area contributed by atoms with E-state index in [9.17, 15) is 0 Å². The molecule has 0 bridgehead atoms. The standard InChI is InChI=1S/C50H39NS3/c1-53(2)45-19-10-8-15-39(45)42-31-37(26-28-46(42)53)51(36-24-22-33(23-25-36)35-21-20-32-12-5-6-13-34(32)30-35)43-17-11-16-41-48-47(54(3,4)50(41)43)29-27-40-38-14-7-9-18-44(38)52-49(40)48/h5-31H,1-4H3. The first kappa shape index (κ1) is 32.2. The van der Waals surface area contributed by atoms with E-state index in [1.54, 1.807) is 0 Å². The zero-order valence-electron chi connectivity index (χ0n) is 30.8. The van der Waals surface area contributed by atoms with Crippen molar-refractivity contribution in [3.05, 3.63) is 164 Å². The minimum atomic E-state index is -1.37. The molecule has 0 fully saturated rings. The summed E-state index contributed by atoms with van der Waals surface area (Å²) in [6, 6.07) is 61.8. The third kappa shape index (κ3) is 4.54. The zero-order chi connectivity index (χ0) is 36.3. The molecule has 11 rings (SSSR count). The lowest BCUT2D eigenvalue weighted by molar-refractivity contribution is 1.23. The van der Waals surface area contributed by atoms with E-state index in [1.165, 1.54) is 101 Å². The number of fused-ring (bicyclic) bond motifs is 11. The van der Waals surface area contributed by atoms with Gasteiger partial charge in [0.15, 0.2) is 0 Å². The van der Waals surface area contributed by atoms with Crippen LogP contribution < -0.4 is 4.90 Å². The van der Waals surface area contributed by atoms with E-state index in [0.29, 0.717) is 0 Å². The number of benzene rings is 8. The number of rotatable bonds is 4. The summed E-state index contributed by atoms with van der Waals surface area (Å²) in [5, 5.41) is 5.26. The van der Waals surface area contributed by atoms with Gasteiger partial charge in [0.2, 0.25) is 0 Å². The van der Waals surface area contributed by atoms with Crippen LogP contribution in [0, 0.1) is 0 Å². The highest BCUT2D eigenvalue weighted by Gasteiger charge is 2.38. The van der Waals surface area contributed by atoms with E-state index >= 15 is 0 Å². The Morgan fingerprint density at radius 2 is 1.13 bits per heavy atom. The van der Waals surface area contributed by atoms with Crippen LogP contribution in [0.2, 0.25) is 0 Å². The topological polar surface area (TPSA) is 3.24 Å². The molecule has 262 valence electrons. The predicted molar refractivity (Wildman–Crippen MR) is 240 cm³/mol. The summed E-state index contributed by atoms with van der Waals surface area (Å²) >= 11 is 1.95. The SMILES string of the molecule is CS1(C)c2ccccc2-c2cc(N(c3ccc(-c4ccc5ccccc5c4)cc3)c3cccc4c3S(C)(C)c3ccc5c(sc6ccccc65)c3-4)ccc21. The molecule has 0 N–H and O–H groups in total. The van der Waals surface area contributed by atoms with Gasteiger partial charge in [-0.1, -0.05) is 103 Å². The molecule has 1 nitrogen and oxygen atoms in total. The zero-order valence-corrected chi connectivity index (χ0v) is 33.2. The van der Waals surface area contributed by atoms with Gasteiger partial charge in [-0.25, -0.2) is 0 Å². The van der Waals surface area contributed by atoms with Crippen LogP contribution in [0.4, 0.5) is 17.1 Å². The Morgan fingerprint density at radius 3 is 2.00 bits per heavy atom. The van der Waals surface area contributed by atoms with Gasteiger partial charge >= 0.3 is 0 Å². The number of hydrogen-bond acceptors (Lipinski definition) is 2. The van der Waals surface area contributed by atoms with Crippen LogP contribution in [0.25, 0.3) is 64.3 Å². The highest BCUT2D eigenvalue weighted by atomic mass is 32.3. The normalized spacial score (nSPS) is 15.8. The van der Waals surface area contributed by atoms with Crippen molar-refractivity contribution in [1.29, 1.82) is 0 Å². The Balaban J connectivity index is 1.13. The average Bonchev–Trinajstić information content (AvgIpc) is 3.78. The van der Waals surface area contributed by atoms with Crippen LogP contribution in [0.5, 0.6) is 0 Å². The molecule has 3 heterocycles. The molecule has 2 aliphatic heterocycles. The monoisotopic (exact) mass is 749 g/mol. The summed E-state index contributed by atoms with van der Waals surface area (Å²) in [6.45, 7) is 0. The molecule has 0 aliphatic carbocycles. The van der Waals surface area contributed by atoms with Crippen molar-refractivity contribution in [2.24, 2.45) is 0 Å². The fraction of sp³-hybridized carbons (Fsp3) is 0.0800. The number of anilines is 3. The first-order chi connectivity index (χ1) is 26.3. The third-order valence-electron chi connectivity index (χ3n) is 11.8. The number of thiophene rings is 1. The molecule has 54 heavy (non-hydrogen) atoms. The smallest absolute Gasteiger partial charge is 0.0591 e. The molecule has 0 unspecified atom stereocenters. The van der Waals surface area contributed by atoms with Crippen molar-refractivity contribution in [3.8, 4) is 33.4 Å². The minimum Gasteiger partial charge on any atom is -0.309 e. The Labute approximate surface area is 324 Å². The average molecular weight is 750 g/mol. The van der Waals surface area contributed by atoms with Crippen LogP contribution in [-0.2, 0) is 0 Å².